The van der Waals surface area contributed by atoms with Crippen molar-refractivity contribution >= 4 is 0 Å². The second kappa shape index (κ2) is 5.14. The first-order chi connectivity index (χ1) is 8.24. The molecule has 0 radical (unpaired) electrons. The highest BCUT2D eigenvalue weighted by Gasteiger charge is 2.19. The Hall–Kier alpha value is -1.62. The van der Waals surface area contributed by atoms with Gasteiger partial charge in [-0.3, -0.25) is 4.68 Å². The Kier molecular flexibility index (Phi) is 3.58. The molecular formula is C12H19N5. The second-order valence-electron chi connectivity index (χ2n) is 4.20. The summed E-state index contributed by atoms with van der Waals surface area (Å²) in [6.07, 6.45) is 6.66. The summed E-state index contributed by atoms with van der Waals surface area (Å²) in [6, 6.07) is 2.19. The molecule has 0 aromatic carbocycles. The van der Waals surface area contributed by atoms with E-state index in [2.05, 4.69) is 22.3 Å². The summed E-state index contributed by atoms with van der Waals surface area (Å²) in [5.74, 6) is 0. The van der Waals surface area contributed by atoms with Crippen LogP contribution >= 0.6 is 0 Å². The molecule has 0 saturated heterocycles. The lowest BCUT2D eigenvalue weighted by Crippen LogP contribution is -2.26. The van der Waals surface area contributed by atoms with E-state index in [9.17, 15) is 0 Å². The van der Waals surface area contributed by atoms with Gasteiger partial charge in [0.1, 0.15) is 0 Å². The van der Waals surface area contributed by atoms with Gasteiger partial charge in [0.05, 0.1) is 30.0 Å². The fourth-order valence-electron chi connectivity index (χ4n) is 1.96. The zero-order chi connectivity index (χ0) is 12.3. The molecule has 0 aliphatic rings. The molecular weight excluding hydrogens is 214 g/mol. The predicted molar refractivity (Wildman–Crippen MR) is 66.6 cm³/mol. The van der Waals surface area contributed by atoms with Crippen molar-refractivity contribution in [1.29, 1.82) is 0 Å². The monoisotopic (exact) mass is 233 g/mol. The summed E-state index contributed by atoms with van der Waals surface area (Å²) >= 11 is 0. The quantitative estimate of drug-likeness (QED) is 0.845. The van der Waals surface area contributed by atoms with Crippen molar-refractivity contribution in [3.8, 4) is 0 Å². The number of rotatable bonds is 5. The maximum atomic E-state index is 4.23. The van der Waals surface area contributed by atoms with Crippen molar-refractivity contribution in [2.75, 3.05) is 6.54 Å². The summed E-state index contributed by atoms with van der Waals surface area (Å²) in [6.45, 7) is 3.14. The zero-order valence-corrected chi connectivity index (χ0v) is 10.6. The first kappa shape index (κ1) is 11.9. The maximum Gasteiger partial charge on any atom is 0.0946 e. The van der Waals surface area contributed by atoms with Gasteiger partial charge in [0, 0.05) is 20.3 Å². The molecule has 1 atom stereocenters. The number of nitrogens with one attached hydrogen (secondary N) is 1. The van der Waals surface area contributed by atoms with Crippen LogP contribution in [0.5, 0.6) is 0 Å². The van der Waals surface area contributed by atoms with Crippen molar-refractivity contribution in [2.45, 2.75) is 19.4 Å². The van der Waals surface area contributed by atoms with E-state index in [0.717, 1.165) is 24.4 Å². The van der Waals surface area contributed by atoms with E-state index in [1.807, 2.05) is 48.1 Å². The fraction of sp³-hybridized carbons (Fsp3) is 0.500. The maximum absolute atomic E-state index is 4.23. The topological polar surface area (TPSA) is 47.7 Å². The lowest BCUT2D eigenvalue weighted by molar-refractivity contribution is 0.531. The predicted octanol–water partition coefficient (Wildman–Crippen LogP) is 1.24. The Morgan fingerprint density at radius 2 is 2.18 bits per heavy atom. The minimum atomic E-state index is 0.148. The molecule has 1 unspecified atom stereocenters. The van der Waals surface area contributed by atoms with E-state index in [0.29, 0.717) is 0 Å². The molecule has 0 aliphatic heterocycles. The third-order valence-corrected chi connectivity index (χ3v) is 2.90. The molecule has 92 valence electrons. The third-order valence-electron chi connectivity index (χ3n) is 2.90. The molecule has 0 bridgehead atoms. The van der Waals surface area contributed by atoms with Gasteiger partial charge in [-0.15, -0.1) is 0 Å². The highest BCUT2D eigenvalue weighted by Crippen LogP contribution is 2.20. The van der Waals surface area contributed by atoms with Crippen LogP contribution in [0.25, 0.3) is 0 Å². The lowest BCUT2D eigenvalue weighted by Gasteiger charge is -2.19. The lowest BCUT2D eigenvalue weighted by atomic mass is 10.1. The summed E-state index contributed by atoms with van der Waals surface area (Å²) < 4.78 is 3.95. The number of imidazole rings is 1. The van der Waals surface area contributed by atoms with Crippen LogP contribution in [0.15, 0.2) is 24.8 Å². The van der Waals surface area contributed by atoms with E-state index >= 15 is 0 Å². The molecule has 1 N–H and O–H groups in total. The van der Waals surface area contributed by atoms with E-state index in [1.165, 1.54) is 0 Å². The van der Waals surface area contributed by atoms with Crippen LogP contribution < -0.4 is 5.32 Å². The van der Waals surface area contributed by atoms with Crippen LogP contribution in [0.4, 0.5) is 0 Å². The molecule has 2 aromatic rings. The van der Waals surface area contributed by atoms with Gasteiger partial charge in [-0.1, -0.05) is 6.92 Å². The van der Waals surface area contributed by atoms with E-state index in [4.69, 9.17) is 0 Å². The van der Waals surface area contributed by atoms with Gasteiger partial charge >= 0.3 is 0 Å². The Morgan fingerprint density at radius 1 is 1.35 bits per heavy atom. The number of aromatic nitrogens is 4. The Bertz CT molecular complexity index is 430. The van der Waals surface area contributed by atoms with Crippen molar-refractivity contribution in [3.05, 3.63) is 36.2 Å². The standard InChI is InChI=1S/C12H19N5/c1-4-6-14-12(10-5-7-15-17(10)3)11-8-13-9-16(11)2/h5,7-9,12,14H,4,6H2,1-3H3. The van der Waals surface area contributed by atoms with E-state index in [1.54, 1.807) is 0 Å². The Balaban J connectivity index is 2.32. The average Bonchev–Trinajstić information content (AvgIpc) is 2.90. The SMILES string of the molecule is CCCNC(c1cncn1C)c1ccnn1C. The van der Waals surface area contributed by atoms with Crippen LogP contribution in [0.2, 0.25) is 0 Å². The van der Waals surface area contributed by atoms with Gasteiger partial charge < -0.3 is 9.88 Å². The summed E-state index contributed by atoms with van der Waals surface area (Å²) in [4.78, 5) is 4.18. The van der Waals surface area contributed by atoms with Crippen molar-refractivity contribution in [3.63, 3.8) is 0 Å². The zero-order valence-electron chi connectivity index (χ0n) is 10.6. The molecule has 0 spiro atoms. The Labute approximate surface area is 101 Å². The smallest absolute Gasteiger partial charge is 0.0946 e. The van der Waals surface area contributed by atoms with Gasteiger partial charge in [-0.05, 0) is 19.0 Å². The van der Waals surface area contributed by atoms with E-state index in [-0.39, 0.29) is 6.04 Å². The minimum Gasteiger partial charge on any atom is -0.336 e. The normalized spacial score (nSPS) is 12.9. The van der Waals surface area contributed by atoms with Gasteiger partial charge in [-0.25, -0.2) is 4.98 Å². The largest absolute Gasteiger partial charge is 0.336 e. The van der Waals surface area contributed by atoms with Gasteiger partial charge in [0.25, 0.3) is 0 Å². The Morgan fingerprint density at radius 3 is 2.71 bits per heavy atom. The first-order valence-corrected chi connectivity index (χ1v) is 5.91. The van der Waals surface area contributed by atoms with Gasteiger partial charge in [0.15, 0.2) is 0 Å². The minimum absolute atomic E-state index is 0.148. The van der Waals surface area contributed by atoms with Gasteiger partial charge in [0.2, 0.25) is 0 Å². The van der Waals surface area contributed by atoms with Crippen molar-refractivity contribution in [2.24, 2.45) is 14.1 Å². The molecule has 0 aliphatic carbocycles. The highest BCUT2D eigenvalue weighted by molar-refractivity contribution is 5.20. The highest BCUT2D eigenvalue weighted by atomic mass is 15.3. The van der Waals surface area contributed by atoms with Crippen LogP contribution in [0.3, 0.4) is 0 Å². The molecule has 0 fully saturated rings. The number of hydrogen-bond donors (Lipinski definition) is 1. The fourth-order valence-corrected chi connectivity index (χ4v) is 1.96. The number of hydrogen-bond acceptors (Lipinski definition) is 3. The van der Waals surface area contributed by atoms with Crippen molar-refractivity contribution in [1.82, 2.24) is 24.6 Å². The first-order valence-electron chi connectivity index (χ1n) is 5.91. The molecule has 17 heavy (non-hydrogen) atoms. The molecule has 5 heteroatoms. The van der Waals surface area contributed by atoms with Crippen LogP contribution in [0, 0.1) is 0 Å². The summed E-state index contributed by atoms with van der Waals surface area (Å²) in [5, 5.41) is 7.77. The molecule has 5 nitrogen and oxygen atoms in total. The third kappa shape index (κ3) is 2.39. The van der Waals surface area contributed by atoms with Crippen LogP contribution in [-0.4, -0.2) is 25.9 Å². The molecule has 0 amide bonds. The molecule has 2 rings (SSSR count). The van der Waals surface area contributed by atoms with Crippen LogP contribution in [-0.2, 0) is 14.1 Å². The molecule has 0 saturated carbocycles. The molecule has 2 aromatic heterocycles. The average molecular weight is 233 g/mol. The van der Waals surface area contributed by atoms with Gasteiger partial charge in [-0.2, -0.15) is 5.10 Å². The molecule has 2 heterocycles. The van der Waals surface area contributed by atoms with E-state index < -0.39 is 0 Å². The van der Waals surface area contributed by atoms with Crippen LogP contribution in [0.1, 0.15) is 30.8 Å². The van der Waals surface area contributed by atoms with Crippen molar-refractivity contribution < 1.29 is 0 Å². The number of nitrogens with zero attached hydrogens (tertiary/aromatic N) is 4. The summed E-state index contributed by atoms with van der Waals surface area (Å²) in [7, 11) is 3.98. The second-order valence-corrected chi connectivity index (χ2v) is 4.20. The summed E-state index contributed by atoms with van der Waals surface area (Å²) in [5.41, 5.74) is 2.31. The number of aryl methyl sites for hydroxylation is 2.